The van der Waals surface area contributed by atoms with Gasteiger partial charge < -0.3 is 24.6 Å². The van der Waals surface area contributed by atoms with E-state index >= 15 is 0 Å². The summed E-state index contributed by atoms with van der Waals surface area (Å²) < 4.78 is 11.2. The van der Waals surface area contributed by atoms with Crippen LogP contribution in [0.4, 0.5) is 10.5 Å². The molecule has 5 aliphatic rings. The van der Waals surface area contributed by atoms with Gasteiger partial charge in [0.15, 0.2) is 0 Å². The van der Waals surface area contributed by atoms with Crippen LogP contribution in [0.2, 0.25) is 0 Å². The molecule has 6 nitrogen and oxygen atoms in total. The molecule has 4 fully saturated rings. The highest BCUT2D eigenvalue weighted by atomic mass is 16.6. The second kappa shape index (κ2) is 7.96. The zero-order valence-electron chi connectivity index (χ0n) is 18.4. The van der Waals surface area contributed by atoms with Crippen molar-refractivity contribution in [3.8, 4) is 0 Å². The molecule has 1 aromatic carbocycles. The van der Waals surface area contributed by atoms with Crippen LogP contribution < -0.4 is 5.32 Å². The van der Waals surface area contributed by atoms with Crippen LogP contribution >= 0.6 is 0 Å². The zero-order chi connectivity index (χ0) is 20.8. The van der Waals surface area contributed by atoms with Gasteiger partial charge >= 0.3 is 6.09 Å². The summed E-state index contributed by atoms with van der Waals surface area (Å²) in [5, 5.41) is 3.65. The van der Waals surface area contributed by atoms with Gasteiger partial charge in [0.05, 0.1) is 13.2 Å². The monoisotopic (exact) mass is 425 g/mol. The summed E-state index contributed by atoms with van der Waals surface area (Å²) in [4.78, 5) is 17.7. The number of rotatable bonds is 2. The van der Waals surface area contributed by atoms with Gasteiger partial charge in [0.2, 0.25) is 0 Å². The van der Waals surface area contributed by atoms with Gasteiger partial charge in [0.25, 0.3) is 0 Å². The van der Waals surface area contributed by atoms with E-state index in [1.807, 2.05) is 0 Å². The second-order valence-electron chi connectivity index (χ2n) is 10.4. The summed E-state index contributed by atoms with van der Waals surface area (Å²) in [6.07, 6.45) is 7.87. The average molecular weight is 426 g/mol. The summed E-state index contributed by atoms with van der Waals surface area (Å²) in [5.41, 5.74) is 3.18. The molecule has 168 valence electrons. The molecule has 3 saturated heterocycles. The van der Waals surface area contributed by atoms with Crippen LogP contribution in [0.15, 0.2) is 24.3 Å². The van der Waals surface area contributed by atoms with E-state index in [9.17, 15) is 4.79 Å². The Balaban J connectivity index is 1.09. The number of nitrogens with zero attached hydrogens (tertiary/aromatic N) is 2. The van der Waals surface area contributed by atoms with E-state index in [0.29, 0.717) is 36.6 Å². The first kappa shape index (κ1) is 19.9. The minimum Gasteiger partial charge on any atom is -0.444 e. The molecule has 1 saturated carbocycles. The molecule has 6 rings (SSSR count). The van der Waals surface area contributed by atoms with Crippen molar-refractivity contribution in [3.63, 3.8) is 0 Å². The number of para-hydroxylation sites is 1. The lowest BCUT2D eigenvalue weighted by molar-refractivity contribution is 0.0286. The third-order valence-electron chi connectivity index (χ3n) is 8.78. The standard InChI is InChI=1S/C25H35N3O3/c29-24(31-20-7-13-30-16-20)28-10-3-4-18-14-19(15-23(18)28)27-11-8-25(9-12-27)17-26-22-6-2-1-5-21(22)25/h1-2,5-6,18-20,23,26H,3-4,7-17H2/t18?,19?,20-,23?/m1/s1. The van der Waals surface area contributed by atoms with E-state index in [1.165, 1.54) is 50.0 Å². The fourth-order valence-corrected chi connectivity index (χ4v) is 7.02. The maximum Gasteiger partial charge on any atom is 0.410 e. The van der Waals surface area contributed by atoms with E-state index in [2.05, 4.69) is 39.4 Å². The normalized spacial score (nSPS) is 34.4. The van der Waals surface area contributed by atoms with E-state index in [0.717, 1.165) is 32.4 Å². The van der Waals surface area contributed by atoms with Crippen LogP contribution in [0.3, 0.4) is 0 Å². The van der Waals surface area contributed by atoms with Crippen molar-refractivity contribution in [1.29, 1.82) is 0 Å². The van der Waals surface area contributed by atoms with Gasteiger partial charge in [-0.05, 0) is 69.2 Å². The molecule has 1 amide bonds. The fourth-order valence-electron chi connectivity index (χ4n) is 7.02. The van der Waals surface area contributed by atoms with Crippen LogP contribution in [0.5, 0.6) is 0 Å². The van der Waals surface area contributed by atoms with Gasteiger partial charge in [0, 0.05) is 42.7 Å². The van der Waals surface area contributed by atoms with Crippen LogP contribution in [0.1, 0.15) is 50.5 Å². The summed E-state index contributed by atoms with van der Waals surface area (Å²) in [5.74, 6) is 0.635. The highest BCUT2D eigenvalue weighted by molar-refractivity contribution is 5.68. The number of amides is 1. The lowest BCUT2D eigenvalue weighted by atomic mass is 9.74. The number of fused-ring (bicyclic) bond motifs is 3. The van der Waals surface area contributed by atoms with Gasteiger partial charge in [-0.15, -0.1) is 0 Å². The fraction of sp³-hybridized carbons (Fsp3) is 0.720. The number of carbonyl (C=O) groups is 1. The van der Waals surface area contributed by atoms with Crippen molar-refractivity contribution in [1.82, 2.24) is 9.80 Å². The number of likely N-dealkylation sites (tertiary alicyclic amines) is 2. The third kappa shape index (κ3) is 3.52. The first-order valence-corrected chi connectivity index (χ1v) is 12.3. The molecule has 31 heavy (non-hydrogen) atoms. The Labute approximate surface area is 185 Å². The Kier molecular flexibility index (Phi) is 5.10. The molecule has 1 spiro atoms. The zero-order valence-corrected chi connectivity index (χ0v) is 18.4. The second-order valence-corrected chi connectivity index (χ2v) is 10.4. The first-order chi connectivity index (χ1) is 15.2. The number of hydrogen-bond acceptors (Lipinski definition) is 5. The number of piperidine rings is 2. The Bertz CT molecular complexity index is 816. The highest BCUT2D eigenvalue weighted by Crippen LogP contribution is 2.46. The molecule has 4 aliphatic heterocycles. The van der Waals surface area contributed by atoms with Crippen molar-refractivity contribution in [3.05, 3.63) is 29.8 Å². The SMILES string of the molecule is O=C(O[C@@H]1CCOC1)N1CCCC2CC(N3CCC4(CC3)CNc3ccccc34)CC21. The summed E-state index contributed by atoms with van der Waals surface area (Å²) in [6.45, 7) is 5.55. The number of anilines is 1. The van der Waals surface area contributed by atoms with E-state index < -0.39 is 0 Å². The maximum atomic E-state index is 12.9. The highest BCUT2D eigenvalue weighted by Gasteiger charge is 2.47. The van der Waals surface area contributed by atoms with Gasteiger partial charge in [-0.25, -0.2) is 4.79 Å². The molecule has 0 radical (unpaired) electrons. The molecule has 4 atom stereocenters. The topological polar surface area (TPSA) is 54.0 Å². The van der Waals surface area contributed by atoms with E-state index in [1.54, 1.807) is 0 Å². The molecule has 1 N–H and O–H groups in total. The Morgan fingerprint density at radius 2 is 2.00 bits per heavy atom. The van der Waals surface area contributed by atoms with Gasteiger partial charge in [-0.3, -0.25) is 0 Å². The van der Waals surface area contributed by atoms with E-state index in [-0.39, 0.29) is 12.2 Å². The van der Waals surface area contributed by atoms with Crippen LogP contribution in [-0.4, -0.2) is 73.5 Å². The average Bonchev–Trinajstić information content (AvgIpc) is 3.54. The lowest BCUT2D eigenvalue weighted by Crippen LogP contribution is -2.49. The molecule has 0 bridgehead atoms. The Morgan fingerprint density at radius 1 is 1.13 bits per heavy atom. The molecular weight excluding hydrogens is 390 g/mol. The lowest BCUT2D eigenvalue weighted by Gasteiger charge is -2.42. The van der Waals surface area contributed by atoms with Crippen molar-refractivity contribution in [2.45, 2.75) is 68.5 Å². The molecule has 1 aromatic rings. The van der Waals surface area contributed by atoms with Crippen molar-refractivity contribution < 1.29 is 14.3 Å². The summed E-state index contributed by atoms with van der Waals surface area (Å²) in [7, 11) is 0. The number of ether oxygens (including phenoxy) is 2. The quantitative estimate of drug-likeness (QED) is 0.785. The smallest absolute Gasteiger partial charge is 0.410 e. The molecule has 1 aliphatic carbocycles. The van der Waals surface area contributed by atoms with Crippen molar-refractivity contribution in [2.75, 3.05) is 44.7 Å². The molecule has 6 heteroatoms. The Hall–Kier alpha value is -1.79. The number of benzene rings is 1. The summed E-state index contributed by atoms with van der Waals surface area (Å²) in [6, 6.07) is 9.85. The molecule has 3 unspecified atom stereocenters. The van der Waals surface area contributed by atoms with Crippen molar-refractivity contribution in [2.24, 2.45) is 5.92 Å². The largest absolute Gasteiger partial charge is 0.444 e. The first-order valence-electron chi connectivity index (χ1n) is 12.3. The number of nitrogens with one attached hydrogen (secondary N) is 1. The number of hydrogen-bond donors (Lipinski definition) is 1. The molecule has 4 heterocycles. The van der Waals surface area contributed by atoms with Crippen molar-refractivity contribution >= 4 is 11.8 Å². The predicted octanol–water partition coefficient (Wildman–Crippen LogP) is 3.61. The van der Waals surface area contributed by atoms with Gasteiger partial charge in [-0.1, -0.05) is 18.2 Å². The van der Waals surface area contributed by atoms with Gasteiger partial charge in [0.1, 0.15) is 6.10 Å². The molecular formula is C25H35N3O3. The van der Waals surface area contributed by atoms with Crippen LogP contribution in [0, 0.1) is 5.92 Å². The minimum absolute atomic E-state index is 0.0498. The van der Waals surface area contributed by atoms with Gasteiger partial charge in [-0.2, -0.15) is 0 Å². The predicted molar refractivity (Wildman–Crippen MR) is 119 cm³/mol. The Morgan fingerprint density at radius 3 is 2.84 bits per heavy atom. The molecule has 0 aromatic heterocycles. The van der Waals surface area contributed by atoms with E-state index in [4.69, 9.17) is 9.47 Å². The third-order valence-corrected chi connectivity index (χ3v) is 8.78. The minimum atomic E-state index is -0.0999. The summed E-state index contributed by atoms with van der Waals surface area (Å²) >= 11 is 0. The van der Waals surface area contributed by atoms with Crippen LogP contribution in [0.25, 0.3) is 0 Å². The number of carbonyl (C=O) groups excluding carboxylic acids is 1. The maximum absolute atomic E-state index is 12.9. The van der Waals surface area contributed by atoms with Crippen LogP contribution in [-0.2, 0) is 14.9 Å².